The molecule has 0 aromatic heterocycles. The fourth-order valence-electron chi connectivity index (χ4n) is 3.20. The first kappa shape index (κ1) is 11.2. The standard InChI is InChI=1S/C14H19FN2/c15-12-4-1-3-11(9-12)10-16-17-13-5-2-6-14(17)8-7-13/h1,3-4,9,13-14,16H,2,5-8,10H2. The van der Waals surface area contributed by atoms with Crippen LogP contribution < -0.4 is 5.43 Å². The molecule has 1 aromatic carbocycles. The monoisotopic (exact) mass is 234 g/mol. The number of hydrogen-bond acceptors (Lipinski definition) is 2. The van der Waals surface area contributed by atoms with E-state index in [0.29, 0.717) is 12.1 Å². The third-order valence-corrected chi connectivity index (χ3v) is 4.05. The lowest BCUT2D eigenvalue weighted by Crippen LogP contribution is -2.48. The summed E-state index contributed by atoms with van der Waals surface area (Å²) in [5.41, 5.74) is 4.52. The summed E-state index contributed by atoms with van der Waals surface area (Å²) >= 11 is 0. The van der Waals surface area contributed by atoms with Gasteiger partial charge < -0.3 is 0 Å². The molecular weight excluding hydrogens is 215 g/mol. The topological polar surface area (TPSA) is 15.3 Å². The van der Waals surface area contributed by atoms with E-state index >= 15 is 0 Å². The number of nitrogens with zero attached hydrogens (tertiary/aromatic N) is 1. The predicted octanol–water partition coefficient (Wildman–Crippen LogP) is 2.85. The molecule has 2 bridgehead atoms. The summed E-state index contributed by atoms with van der Waals surface area (Å²) in [6.07, 6.45) is 6.63. The highest BCUT2D eigenvalue weighted by Gasteiger charge is 2.36. The average molecular weight is 234 g/mol. The van der Waals surface area contributed by atoms with Gasteiger partial charge in [0.05, 0.1) is 0 Å². The number of rotatable bonds is 3. The van der Waals surface area contributed by atoms with Gasteiger partial charge in [-0.15, -0.1) is 0 Å². The average Bonchev–Trinajstić information content (AvgIpc) is 2.56. The third kappa shape index (κ3) is 2.35. The minimum atomic E-state index is -0.147. The second-order valence-electron chi connectivity index (χ2n) is 5.19. The van der Waals surface area contributed by atoms with Gasteiger partial charge >= 0.3 is 0 Å². The molecule has 2 heterocycles. The lowest BCUT2D eigenvalue weighted by molar-refractivity contribution is 0.0749. The van der Waals surface area contributed by atoms with Crippen LogP contribution in [0, 0.1) is 5.82 Å². The number of benzene rings is 1. The molecule has 2 nitrogen and oxygen atoms in total. The zero-order valence-electron chi connectivity index (χ0n) is 10.0. The van der Waals surface area contributed by atoms with Gasteiger partial charge in [-0.05, 0) is 43.4 Å². The molecule has 3 heteroatoms. The van der Waals surface area contributed by atoms with Crippen molar-refractivity contribution in [2.45, 2.75) is 50.7 Å². The van der Waals surface area contributed by atoms with Gasteiger partial charge in [0.25, 0.3) is 0 Å². The Morgan fingerprint density at radius 1 is 1.18 bits per heavy atom. The molecular formula is C14H19FN2. The van der Waals surface area contributed by atoms with Crippen molar-refractivity contribution in [2.75, 3.05) is 0 Å². The molecule has 2 aliphatic heterocycles. The minimum Gasteiger partial charge on any atom is -0.250 e. The van der Waals surface area contributed by atoms with E-state index in [2.05, 4.69) is 10.4 Å². The van der Waals surface area contributed by atoms with Crippen molar-refractivity contribution < 1.29 is 4.39 Å². The molecule has 2 aliphatic rings. The lowest BCUT2D eigenvalue weighted by atomic mass is 10.1. The Kier molecular flexibility index (Phi) is 3.12. The SMILES string of the molecule is Fc1cccc(CNN2C3CCCC2CC3)c1. The smallest absolute Gasteiger partial charge is 0.123 e. The van der Waals surface area contributed by atoms with Crippen molar-refractivity contribution in [1.82, 2.24) is 10.4 Å². The van der Waals surface area contributed by atoms with E-state index in [1.165, 1.54) is 38.2 Å². The summed E-state index contributed by atoms with van der Waals surface area (Å²) in [6.45, 7) is 0.741. The van der Waals surface area contributed by atoms with Crippen molar-refractivity contribution in [2.24, 2.45) is 0 Å². The maximum atomic E-state index is 13.1. The van der Waals surface area contributed by atoms with E-state index in [1.54, 1.807) is 12.1 Å². The summed E-state index contributed by atoms with van der Waals surface area (Å²) in [7, 11) is 0. The Morgan fingerprint density at radius 3 is 2.65 bits per heavy atom. The first-order valence-corrected chi connectivity index (χ1v) is 6.59. The van der Waals surface area contributed by atoms with Crippen molar-refractivity contribution in [3.63, 3.8) is 0 Å². The highest BCUT2D eigenvalue weighted by atomic mass is 19.1. The minimum absolute atomic E-state index is 0.147. The maximum Gasteiger partial charge on any atom is 0.123 e. The van der Waals surface area contributed by atoms with Crippen LogP contribution in [0.25, 0.3) is 0 Å². The normalized spacial score (nSPS) is 28.5. The Bertz CT molecular complexity index is 378. The van der Waals surface area contributed by atoms with Gasteiger partial charge in [-0.2, -0.15) is 0 Å². The number of piperidine rings is 1. The summed E-state index contributed by atoms with van der Waals surface area (Å²) in [6, 6.07) is 8.27. The molecule has 1 N–H and O–H groups in total. The predicted molar refractivity (Wildman–Crippen MR) is 65.7 cm³/mol. The van der Waals surface area contributed by atoms with Crippen LogP contribution in [0.5, 0.6) is 0 Å². The van der Waals surface area contributed by atoms with Gasteiger partial charge in [0.1, 0.15) is 5.82 Å². The Hall–Kier alpha value is -0.930. The van der Waals surface area contributed by atoms with Crippen LogP contribution in [0.2, 0.25) is 0 Å². The molecule has 0 radical (unpaired) electrons. The Labute approximate surface area is 102 Å². The number of halogens is 1. The maximum absolute atomic E-state index is 13.1. The number of nitrogens with one attached hydrogen (secondary N) is 1. The van der Waals surface area contributed by atoms with E-state index in [1.807, 2.05) is 6.07 Å². The molecule has 0 saturated carbocycles. The second kappa shape index (κ2) is 4.75. The number of hydrogen-bond donors (Lipinski definition) is 1. The summed E-state index contributed by atoms with van der Waals surface area (Å²) in [5, 5.41) is 2.43. The fraction of sp³-hybridized carbons (Fsp3) is 0.571. The Morgan fingerprint density at radius 2 is 1.94 bits per heavy atom. The van der Waals surface area contributed by atoms with E-state index < -0.39 is 0 Å². The number of fused-ring (bicyclic) bond motifs is 2. The van der Waals surface area contributed by atoms with Crippen LogP contribution in [-0.2, 0) is 6.54 Å². The van der Waals surface area contributed by atoms with Gasteiger partial charge in [-0.3, -0.25) is 5.43 Å². The van der Waals surface area contributed by atoms with Crippen molar-refractivity contribution >= 4 is 0 Å². The van der Waals surface area contributed by atoms with Gasteiger partial charge in [0.2, 0.25) is 0 Å². The fourth-order valence-corrected chi connectivity index (χ4v) is 3.20. The summed E-state index contributed by atoms with van der Waals surface area (Å²) in [4.78, 5) is 0. The molecule has 3 rings (SSSR count). The quantitative estimate of drug-likeness (QED) is 0.865. The Balaban J connectivity index is 1.61. The van der Waals surface area contributed by atoms with Gasteiger partial charge in [-0.25, -0.2) is 9.40 Å². The van der Waals surface area contributed by atoms with E-state index in [0.717, 1.165) is 12.1 Å². The number of hydrazine groups is 1. The van der Waals surface area contributed by atoms with E-state index in [-0.39, 0.29) is 5.82 Å². The van der Waals surface area contributed by atoms with Gasteiger partial charge in [0.15, 0.2) is 0 Å². The zero-order valence-corrected chi connectivity index (χ0v) is 10.0. The first-order chi connectivity index (χ1) is 8.33. The molecule has 0 spiro atoms. The molecule has 92 valence electrons. The van der Waals surface area contributed by atoms with Crippen molar-refractivity contribution in [3.05, 3.63) is 35.6 Å². The molecule has 2 atom stereocenters. The van der Waals surface area contributed by atoms with Gasteiger partial charge in [0, 0.05) is 18.6 Å². The van der Waals surface area contributed by atoms with Crippen molar-refractivity contribution in [1.29, 1.82) is 0 Å². The summed E-state index contributed by atoms with van der Waals surface area (Å²) in [5.74, 6) is -0.147. The lowest BCUT2D eigenvalue weighted by Gasteiger charge is -2.35. The largest absolute Gasteiger partial charge is 0.250 e. The second-order valence-corrected chi connectivity index (χ2v) is 5.19. The van der Waals surface area contributed by atoms with E-state index in [9.17, 15) is 4.39 Å². The van der Waals surface area contributed by atoms with Gasteiger partial charge in [-0.1, -0.05) is 18.6 Å². The van der Waals surface area contributed by atoms with Crippen LogP contribution in [0.3, 0.4) is 0 Å². The van der Waals surface area contributed by atoms with Crippen LogP contribution in [0.1, 0.15) is 37.7 Å². The van der Waals surface area contributed by atoms with E-state index in [4.69, 9.17) is 0 Å². The molecule has 0 amide bonds. The molecule has 2 unspecified atom stereocenters. The zero-order chi connectivity index (χ0) is 11.7. The molecule has 2 saturated heterocycles. The third-order valence-electron chi connectivity index (χ3n) is 4.05. The molecule has 1 aromatic rings. The molecule has 2 fully saturated rings. The highest BCUT2D eigenvalue weighted by molar-refractivity contribution is 5.15. The van der Waals surface area contributed by atoms with Crippen LogP contribution >= 0.6 is 0 Å². The van der Waals surface area contributed by atoms with Crippen LogP contribution in [0.15, 0.2) is 24.3 Å². The highest BCUT2D eigenvalue weighted by Crippen LogP contribution is 2.33. The molecule has 17 heavy (non-hydrogen) atoms. The van der Waals surface area contributed by atoms with Crippen molar-refractivity contribution in [3.8, 4) is 0 Å². The van der Waals surface area contributed by atoms with Crippen LogP contribution in [-0.4, -0.2) is 17.1 Å². The summed E-state index contributed by atoms with van der Waals surface area (Å²) < 4.78 is 13.1. The van der Waals surface area contributed by atoms with Crippen LogP contribution in [0.4, 0.5) is 4.39 Å². The first-order valence-electron chi connectivity index (χ1n) is 6.59. The molecule has 0 aliphatic carbocycles.